The fraction of sp³-hybridized carbons (Fsp3) is 0.350. The Hall–Kier alpha value is -3.14. The van der Waals surface area contributed by atoms with Crippen molar-refractivity contribution in [3.05, 3.63) is 52.4 Å². The number of nitrogens with two attached hydrogens (primary N) is 1. The van der Waals surface area contributed by atoms with Crippen LogP contribution in [0.1, 0.15) is 31.2 Å². The number of fused-ring (bicyclic) bond motifs is 1. The van der Waals surface area contributed by atoms with Crippen LogP contribution in [0.25, 0.3) is 10.9 Å². The third-order valence-electron chi connectivity index (χ3n) is 5.23. The van der Waals surface area contributed by atoms with Crippen LogP contribution >= 0.6 is 0 Å². The summed E-state index contributed by atoms with van der Waals surface area (Å²) in [5, 5.41) is 6.41. The maximum absolute atomic E-state index is 12.8. The van der Waals surface area contributed by atoms with Gasteiger partial charge in [0, 0.05) is 24.0 Å². The van der Waals surface area contributed by atoms with Gasteiger partial charge in [-0.3, -0.25) is 4.79 Å². The predicted molar refractivity (Wildman–Crippen MR) is 109 cm³/mol. The lowest BCUT2D eigenvalue weighted by molar-refractivity contribution is -0.137. The molecule has 7 nitrogen and oxygen atoms in total. The minimum Gasteiger partial charge on any atom is -0.350 e. The third kappa shape index (κ3) is 4.23. The number of rotatable bonds is 4. The quantitative estimate of drug-likeness (QED) is 0.514. The van der Waals surface area contributed by atoms with Crippen molar-refractivity contribution in [1.82, 2.24) is 15.0 Å². The van der Waals surface area contributed by atoms with Gasteiger partial charge < -0.3 is 21.4 Å². The summed E-state index contributed by atoms with van der Waals surface area (Å²) in [5.74, 6) is 0.512. The van der Waals surface area contributed by atoms with Crippen molar-refractivity contribution in [2.45, 2.75) is 43.9 Å². The molecule has 1 aliphatic rings. The molecule has 0 aliphatic heterocycles. The summed E-state index contributed by atoms with van der Waals surface area (Å²) in [4.78, 5) is 23.8. The summed E-state index contributed by atoms with van der Waals surface area (Å²) in [6.45, 7) is 0. The summed E-state index contributed by atoms with van der Waals surface area (Å²) in [5.41, 5.74) is 5.82. The van der Waals surface area contributed by atoms with E-state index in [4.69, 9.17) is 5.73 Å². The average Bonchev–Trinajstić information content (AvgIpc) is 2.69. The molecule has 10 heteroatoms. The molecule has 3 aromatic rings. The minimum absolute atomic E-state index is 0.0112. The zero-order chi connectivity index (χ0) is 21.3. The molecule has 2 aromatic heterocycles. The zero-order valence-corrected chi connectivity index (χ0v) is 16.0. The van der Waals surface area contributed by atoms with Gasteiger partial charge in [0.15, 0.2) is 0 Å². The molecule has 1 aliphatic carbocycles. The Morgan fingerprint density at radius 3 is 2.50 bits per heavy atom. The van der Waals surface area contributed by atoms with E-state index < -0.39 is 17.3 Å². The smallest absolute Gasteiger partial charge is 0.350 e. The van der Waals surface area contributed by atoms with E-state index in [-0.39, 0.29) is 23.3 Å². The van der Waals surface area contributed by atoms with Gasteiger partial charge in [-0.1, -0.05) is 12.8 Å². The van der Waals surface area contributed by atoms with Gasteiger partial charge in [-0.2, -0.15) is 18.2 Å². The number of nitrogens with one attached hydrogen (secondary N) is 3. The molecule has 0 radical (unpaired) electrons. The first-order chi connectivity index (χ1) is 14.3. The van der Waals surface area contributed by atoms with E-state index in [0.717, 1.165) is 37.8 Å². The van der Waals surface area contributed by atoms with Crippen LogP contribution in [0.15, 0.2) is 41.3 Å². The Morgan fingerprint density at radius 2 is 1.80 bits per heavy atom. The Balaban J connectivity index is 1.69. The molecule has 1 saturated carbocycles. The van der Waals surface area contributed by atoms with Crippen LogP contribution in [-0.4, -0.2) is 27.0 Å². The molecule has 2 unspecified atom stereocenters. The van der Waals surface area contributed by atoms with Crippen molar-refractivity contribution < 1.29 is 13.2 Å². The highest BCUT2D eigenvalue weighted by Crippen LogP contribution is 2.31. The van der Waals surface area contributed by atoms with E-state index in [1.165, 1.54) is 18.3 Å². The molecule has 4 rings (SSSR count). The first kappa shape index (κ1) is 20.1. The number of anilines is 3. The largest absolute Gasteiger partial charge is 0.416 e. The van der Waals surface area contributed by atoms with Crippen molar-refractivity contribution in [2.75, 3.05) is 10.6 Å². The Morgan fingerprint density at radius 1 is 1.07 bits per heavy atom. The number of benzene rings is 1. The molecule has 158 valence electrons. The van der Waals surface area contributed by atoms with Crippen LogP contribution in [0.4, 0.5) is 30.6 Å². The number of aromatic nitrogens is 3. The number of hydrogen-bond donors (Lipinski definition) is 4. The number of H-pyrrole nitrogens is 1. The van der Waals surface area contributed by atoms with Crippen LogP contribution < -0.4 is 21.9 Å². The SMILES string of the molecule is NC1CCCCC1Nc1nc(Nc2ccc(C(F)(F)F)cc2)c2c(=O)[nH]ccc2n1. The highest BCUT2D eigenvalue weighted by molar-refractivity contribution is 5.90. The Bertz CT molecular complexity index is 1100. The van der Waals surface area contributed by atoms with E-state index in [2.05, 4.69) is 25.6 Å². The summed E-state index contributed by atoms with van der Waals surface area (Å²) < 4.78 is 38.4. The van der Waals surface area contributed by atoms with Gasteiger partial charge in [0.2, 0.25) is 5.95 Å². The van der Waals surface area contributed by atoms with Gasteiger partial charge in [0.05, 0.1) is 11.1 Å². The molecule has 2 heterocycles. The lowest BCUT2D eigenvalue weighted by Gasteiger charge is -2.29. The van der Waals surface area contributed by atoms with Crippen molar-refractivity contribution >= 4 is 28.4 Å². The van der Waals surface area contributed by atoms with Gasteiger partial charge in [-0.05, 0) is 43.2 Å². The summed E-state index contributed by atoms with van der Waals surface area (Å²) in [6.07, 6.45) is 0.979. The summed E-state index contributed by atoms with van der Waals surface area (Å²) in [7, 11) is 0. The van der Waals surface area contributed by atoms with Gasteiger partial charge in [0.25, 0.3) is 5.56 Å². The van der Waals surface area contributed by atoms with Gasteiger partial charge >= 0.3 is 6.18 Å². The van der Waals surface area contributed by atoms with E-state index >= 15 is 0 Å². The van der Waals surface area contributed by atoms with Crippen LogP contribution in [0.5, 0.6) is 0 Å². The van der Waals surface area contributed by atoms with Gasteiger partial charge in [-0.15, -0.1) is 0 Å². The van der Waals surface area contributed by atoms with Gasteiger partial charge in [-0.25, -0.2) is 4.98 Å². The highest BCUT2D eigenvalue weighted by atomic mass is 19.4. The van der Waals surface area contributed by atoms with Crippen molar-refractivity contribution in [3.8, 4) is 0 Å². The highest BCUT2D eigenvalue weighted by Gasteiger charge is 2.30. The number of hydrogen-bond acceptors (Lipinski definition) is 6. The second-order valence-corrected chi connectivity index (χ2v) is 7.36. The summed E-state index contributed by atoms with van der Waals surface area (Å²) in [6, 6.07) is 6.14. The molecule has 1 aromatic carbocycles. The molecule has 30 heavy (non-hydrogen) atoms. The van der Waals surface area contributed by atoms with E-state index in [9.17, 15) is 18.0 Å². The topological polar surface area (TPSA) is 109 Å². The second kappa shape index (κ2) is 7.94. The number of halogens is 3. The van der Waals surface area contributed by atoms with E-state index in [1.54, 1.807) is 6.07 Å². The van der Waals surface area contributed by atoms with Crippen molar-refractivity contribution in [2.24, 2.45) is 5.73 Å². The molecule has 0 bridgehead atoms. The molecular formula is C20H21F3N6O. The number of alkyl halides is 3. The lowest BCUT2D eigenvalue weighted by atomic mass is 9.91. The average molecular weight is 418 g/mol. The van der Waals surface area contributed by atoms with Crippen LogP contribution in [-0.2, 0) is 6.18 Å². The minimum atomic E-state index is -4.42. The third-order valence-corrected chi connectivity index (χ3v) is 5.23. The van der Waals surface area contributed by atoms with Crippen LogP contribution in [0.2, 0.25) is 0 Å². The molecule has 2 atom stereocenters. The van der Waals surface area contributed by atoms with Gasteiger partial charge in [0.1, 0.15) is 11.2 Å². The second-order valence-electron chi connectivity index (χ2n) is 7.36. The molecule has 5 N–H and O–H groups in total. The predicted octanol–water partition coefficient (Wildman–Crippen LogP) is 3.76. The van der Waals surface area contributed by atoms with Crippen molar-refractivity contribution in [1.29, 1.82) is 0 Å². The monoisotopic (exact) mass is 418 g/mol. The van der Waals surface area contributed by atoms with Crippen LogP contribution in [0, 0.1) is 0 Å². The molecule has 0 amide bonds. The van der Waals surface area contributed by atoms with Crippen LogP contribution in [0.3, 0.4) is 0 Å². The Kier molecular flexibility index (Phi) is 5.33. The summed E-state index contributed by atoms with van der Waals surface area (Å²) >= 11 is 0. The number of aromatic amines is 1. The number of pyridine rings is 1. The number of nitrogens with zero attached hydrogens (tertiary/aromatic N) is 2. The first-order valence-corrected chi connectivity index (χ1v) is 9.67. The fourth-order valence-electron chi connectivity index (χ4n) is 3.63. The zero-order valence-electron chi connectivity index (χ0n) is 16.0. The maximum Gasteiger partial charge on any atom is 0.416 e. The molecule has 0 saturated heterocycles. The van der Waals surface area contributed by atoms with E-state index in [0.29, 0.717) is 17.2 Å². The first-order valence-electron chi connectivity index (χ1n) is 9.67. The van der Waals surface area contributed by atoms with Crippen molar-refractivity contribution in [3.63, 3.8) is 0 Å². The normalized spacial score (nSPS) is 19.6. The van der Waals surface area contributed by atoms with E-state index in [1.807, 2.05) is 0 Å². The standard InChI is InChI=1S/C20H21F3N6O/c21-20(22,23)11-5-7-12(8-6-11)26-17-16-15(9-10-25-18(16)30)28-19(29-17)27-14-4-2-1-3-13(14)24/h5-10,13-14H,1-4,24H2,(H,25,30)(H2,26,27,28,29). The maximum atomic E-state index is 12.8. The Labute approximate surface area is 169 Å². The lowest BCUT2D eigenvalue weighted by Crippen LogP contribution is -2.43. The molecular weight excluding hydrogens is 397 g/mol. The fourth-order valence-corrected chi connectivity index (χ4v) is 3.63. The molecule has 0 spiro atoms. The molecule has 1 fully saturated rings.